The number of ether oxygens (including phenoxy) is 2. The van der Waals surface area contributed by atoms with Gasteiger partial charge in [0.15, 0.2) is 13.2 Å². The number of benzene rings is 1. The van der Waals surface area contributed by atoms with Gasteiger partial charge in [-0.3, -0.25) is 0 Å². The molecule has 0 amide bonds. The van der Waals surface area contributed by atoms with E-state index in [0.717, 1.165) is 4.47 Å². The minimum atomic E-state index is -0.498. The van der Waals surface area contributed by atoms with Gasteiger partial charge in [-0.1, -0.05) is 47.9 Å². The smallest absolute Gasteiger partial charge is 0.344 e. The Hall–Kier alpha value is -1.89. The van der Waals surface area contributed by atoms with Crippen molar-refractivity contribution in [3.05, 3.63) is 40.5 Å². The molecule has 1 aromatic carbocycles. The predicted octanol–water partition coefficient (Wildman–Crippen LogP) is 3.25. The van der Waals surface area contributed by atoms with Crippen LogP contribution in [0.1, 0.15) is 32.5 Å². The van der Waals surface area contributed by atoms with Crippen molar-refractivity contribution in [3.8, 4) is 5.75 Å². The SMILES string of the molecule is CC(C)(C)c1nc(COC(=O)COc2cccc(Br)c2)no1. The first-order valence-corrected chi connectivity index (χ1v) is 7.51. The minimum Gasteiger partial charge on any atom is -0.482 e. The zero-order chi connectivity index (χ0) is 16.2. The van der Waals surface area contributed by atoms with Crippen LogP contribution in [0.25, 0.3) is 0 Å². The Morgan fingerprint density at radius 1 is 1.36 bits per heavy atom. The van der Waals surface area contributed by atoms with Crippen LogP contribution in [-0.4, -0.2) is 22.7 Å². The summed E-state index contributed by atoms with van der Waals surface area (Å²) in [6, 6.07) is 7.21. The topological polar surface area (TPSA) is 74.5 Å². The zero-order valence-corrected chi connectivity index (χ0v) is 14.2. The van der Waals surface area contributed by atoms with Crippen LogP contribution in [0.5, 0.6) is 5.75 Å². The third-order valence-electron chi connectivity index (χ3n) is 2.62. The molecule has 0 fully saturated rings. The van der Waals surface area contributed by atoms with Gasteiger partial charge in [0, 0.05) is 9.89 Å². The van der Waals surface area contributed by atoms with Crippen molar-refractivity contribution < 1.29 is 18.8 Å². The fraction of sp³-hybridized carbons (Fsp3) is 0.400. The lowest BCUT2D eigenvalue weighted by Crippen LogP contribution is -2.15. The Balaban J connectivity index is 1.79. The molecule has 6 nitrogen and oxygen atoms in total. The lowest BCUT2D eigenvalue weighted by atomic mass is 9.97. The van der Waals surface area contributed by atoms with Crippen molar-refractivity contribution in [1.29, 1.82) is 0 Å². The van der Waals surface area contributed by atoms with Crippen LogP contribution in [0.15, 0.2) is 33.3 Å². The van der Waals surface area contributed by atoms with Crippen molar-refractivity contribution in [2.75, 3.05) is 6.61 Å². The number of carbonyl (C=O) groups is 1. The van der Waals surface area contributed by atoms with E-state index in [2.05, 4.69) is 26.1 Å². The summed E-state index contributed by atoms with van der Waals surface area (Å²) in [5.74, 6) is 0.924. The molecule has 1 heterocycles. The van der Waals surface area contributed by atoms with Crippen LogP contribution in [0, 0.1) is 0 Å². The molecule has 0 N–H and O–H groups in total. The first-order chi connectivity index (χ1) is 10.3. The van der Waals surface area contributed by atoms with Crippen LogP contribution in [0.4, 0.5) is 0 Å². The van der Waals surface area contributed by atoms with E-state index in [0.29, 0.717) is 17.5 Å². The molecule has 0 bridgehead atoms. The molecule has 0 unspecified atom stereocenters. The number of hydrogen-bond donors (Lipinski definition) is 0. The molecule has 22 heavy (non-hydrogen) atoms. The highest BCUT2D eigenvalue weighted by atomic mass is 79.9. The number of esters is 1. The molecule has 0 aliphatic rings. The predicted molar refractivity (Wildman–Crippen MR) is 82.4 cm³/mol. The molecule has 0 atom stereocenters. The highest BCUT2D eigenvalue weighted by molar-refractivity contribution is 9.10. The summed E-state index contributed by atoms with van der Waals surface area (Å²) >= 11 is 3.33. The van der Waals surface area contributed by atoms with Crippen molar-refractivity contribution in [2.45, 2.75) is 32.8 Å². The van der Waals surface area contributed by atoms with Gasteiger partial charge in [0.1, 0.15) is 5.75 Å². The monoisotopic (exact) mass is 368 g/mol. The lowest BCUT2D eigenvalue weighted by Gasteiger charge is -2.10. The molecule has 7 heteroatoms. The van der Waals surface area contributed by atoms with Crippen molar-refractivity contribution >= 4 is 21.9 Å². The molecule has 1 aromatic heterocycles. The van der Waals surface area contributed by atoms with Crippen molar-refractivity contribution in [3.63, 3.8) is 0 Å². The van der Waals surface area contributed by atoms with E-state index in [9.17, 15) is 4.79 Å². The van der Waals surface area contributed by atoms with Crippen LogP contribution in [0.3, 0.4) is 0 Å². The van der Waals surface area contributed by atoms with Crippen LogP contribution in [0.2, 0.25) is 0 Å². The van der Waals surface area contributed by atoms with Gasteiger partial charge in [0.25, 0.3) is 0 Å². The number of rotatable bonds is 5. The summed E-state index contributed by atoms with van der Waals surface area (Å²) in [4.78, 5) is 15.8. The van der Waals surface area contributed by atoms with E-state index < -0.39 is 5.97 Å². The number of nitrogens with zero attached hydrogens (tertiary/aromatic N) is 2. The normalized spacial score (nSPS) is 11.3. The fourth-order valence-electron chi connectivity index (χ4n) is 1.50. The zero-order valence-electron chi connectivity index (χ0n) is 12.6. The number of halogens is 1. The molecule has 0 aliphatic heterocycles. The Labute approximate surface area is 136 Å². The maximum atomic E-state index is 11.6. The second kappa shape index (κ2) is 6.91. The van der Waals surface area contributed by atoms with Gasteiger partial charge in [-0.2, -0.15) is 4.98 Å². The van der Waals surface area contributed by atoms with E-state index in [4.69, 9.17) is 14.0 Å². The molecule has 118 valence electrons. The van der Waals surface area contributed by atoms with Gasteiger partial charge in [-0.15, -0.1) is 0 Å². The van der Waals surface area contributed by atoms with E-state index >= 15 is 0 Å². The maximum Gasteiger partial charge on any atom is 0.344 e. The lowest BCUT2D eigenvalue weighted by molar-refractivity contribution is -0.147. The number of carbonyl (C=O) groups excluding carboxylic acids is 1. The number of aromatic nitrogens is 2. The summed E-state index contributed by atoms with van der Waals surface area (Å²) in [6.07, 6.45) is 0. The largest absolute Gasteiger partial charge is 0.482 e. The van der Waals surface area contributed by atoms with E-state index in [-0.39, 0.29) is 18.6 Å². The summed E-state index contributed by atoms with van der Waals surface area (Å²) in [6.45, 7) is 5.66. The van der Waals surface area contributed by atoms with E-state index in [1.807, 2.05) is 32.9 Å². The Bertz CT molecular complexity index is 649. The average molecular weight is 369 g/mol. The van der Waals surface area contributed by atoms with Crippen molar-refractivity contribution in [1.82, 2.24) is 10.1 Å². The standard InChI is InChI=1S/C15H17BrN2O4/c1-15(2,3)14-17-12(18-22-14)8-21-13(19)9-20-11-6-4-5-10(16)7-11/h4-7H,8-9H2,1-3H3. The van der Waals surface area contributed by atoms with E-state index in [1.54, 1.807) is 12.1 Å². The second-order valence-electron chi connectivity index (χ2n) is 5.67. The summed E-state index contributed by atoms with van der Waals surface area (Å²) in [7, 11) is 0. The molecule has 2 rings (SSSR count). The molecule has 0 aliphatic carbocycles. The highest BCUT2D eigenvalue weighted by Crippen LogP contribution is 2.20. The minimum absolute atomic E-state index is 0.0414. The summed E-state index contributed by atoms with van der Waals surface area (Å²) in [5, 5.41) is 3.77. The first kappa shape index (κ1) is 16.5. The third kappa shape index (κ3) is 4.84. The van der Waals surface area contributed by atoms with Crippen LogP contribution >= 0.6 is 15.9 Å². The van der Waals surface area contributed by atoms with Gasteiger partial charge in [0.2, 0.25) is 11.7 Å². The number of hydrogen-bond acceptors (Lipinski definition) is 6. The maximum absolute atomic E-state index is 11.6. The first-order valence-electron chi connectivity index (χ1n) is 6.71. The molecule has 0 saturated carbocycles. The average Bonchev–Trinajstić information content (AvgIpc) is 2.92. The molecule has 2 aromatic rings. The highest BCUT2D eigenvalue weighted by Gasteiger charge is 2.22. The van der Waals surface area contributed by atoms with Crippen LogP contribution < -0.4 is 4.74 Å². The molecular weight excluding hydrogens is 352 g/mol. The fourth-order valence-corrected chi connectivity index (χ4v) is 1.88. The van der Waals surface area contributed by atoms with Gasteiger partial charge < -0.3 is 14.0 Å². The van der Waals surface area contributed by atoms with Crippen LogP contribution in [-0.2, 0) is 21.6 Å². The van der Waals surface area contributed by atoms with Gasteiger partial charge in [-0.25, -0.2) is 4.79 Å². The Morgan fingerprint density at radius 3 is 2.77 bits per heavy atom. The Morgan fingerprint density at radius 2 is 2.14 bits per heavy atom. The molecule has 0 saturated heterocycles. The molecule has 0 radical (unpaired) electrons. The van der Waals surface area contributed by atoms with Gasteiger partial charge in [-0.05, 0) is 18.2 Å². The van der Waals surface area contributed by atoms with E-state index in [1.165, 1.54) is 0 Å². The third-order valence-corrected chi connectivity index (χ3v) is 3.12. The molecule has 0 spiro atoms. The quantitative estimate of drug-likeness (QED) is 0.754. The Kier molecular flexibility index (Phi) is 5.18. The van der Waals surface area contributed by atoms with Crippen molar-refractivity contribution in [2.24, 2.45) is 0 Å². The van der Waals surface area contributed by atoms with Gasteiger partial charge >= 0.3 is 5.97 Å². The second-order valence-corrected chi connectivity index (χ2v) is 6.59. The molecular formula is C15H17BrN2O4. The summed E-state index contributed by atoms with van der Waals surface area (Å²) in [5.41, 5.74) is -0.237. The van der Waals surface area contributed by atoms with Gasteiger partial charge in [0.05, 0.1) is 0 Å². The summed E-state index contributed by atoms with van der Waals surface area (Å²) < 4.78 is 16.4.